The first-order valence-electron chi connectivity index (χ1n) is 9.12. The topological polar surface area (TPSA) is 117 Å². The maximum absolute atomic E-state index is 12.3. The van der Waals surface area contributed by atoms with Crippen LogP contribution in [0.5, 0.6) is 0 Å². The van der Waals surface area contributed by atoms with Crippen molar-refractivity contribution < 1.29 is 14.3 Å². The molecule has 0 saturated heterocycles. The van der Waals surface area contributed by atoms with E-state index in [1.165, 1.54) is 18.1 Å². The second-order valence-electron chi connectivity index (χ2n) is 6.28. The molecule has 2 aromatic carbocycles. The quantitative estimate of drug-likeness (QED) is 0.368. The van der Waals surface area contributed by atoms with Gasteiger partial charge in [0.25, 0.3) is 5.91 Å². The van der Waals surface area contributed by atoms with Crippen molar-refractivity contribution in [3.05, 3.63) is 64.7 Å². The number of anilines is 1. The molecule has 1 amide bonds. The molecule has 1 aliphatic heterocycles. The van der Waals surface area contributed by atoms with Gasteiger partial charge in [0.15, 0.2) is 0 Å². The lowest BCUT2D eigenvalue weighted by Crippen LogP contribution is -2.23. The maximum atomic E-state index is 12.3. The Hall–Kier alpha value is -3.19. The number of benzene rings is 2. The molecular formula is C21H26N4O3. The van der Waals surface area contributed by atoms with Gasteiger partial charge in [0, 0.05) is 30.3 Å². The number of rotatable bonds is 4. The Kier molecular flexibility index (Phi) is 7.71. The van der Waals surface area contributed by atoms with Crippen molar-refractivity contribution in [2.75, 3.05) is 18.5 Å². The second kappa shape index (κ2) is 10.2. The summed E-state index contributed by atoms with van der Waals surface area (Å²) in [6, 6.07) is 12.7. The van der Waals surface area contributed by atoms with Crippen LogP contribution in [0.2, 0.25) is 0 Å². The van der Waals surface area contributed by atoms with Crippen LogP contribution < -0.4 is 16.4 Å². The fourth-order valence-corrected chi connectivity index (χ4v) is 2.77. The number of hydrogen-bond acceptors (Lipinski definition) is 5. The number of nitrogen functional groups attached to an aromatic ring is 1. The molecule has 0 spiro atoms. The van der Waals surface area contributed by atoms with E-state index in [4.69, 9.17) is 11.1 Å². The predicted octanol–water partition coefficient (Wildman–Crippen LogP) is 2.44. The Morgan fingerprint density at radius 3 is 2.39 bits per heavy atom. The number of nitrogens with one attached hydrogen (secondary N) is 3. The van der Waals surface area contributed by atoms with E-state index >= 15 is 0 Å². The zero-order valence-electron chi connectivity index (χ0n) is 16.2. The van der Waals surface area contributed by atoms with E-state index in [9.17, 15) is 9.59 Å². The highest BCUT2D eigenvalue weighted by atomic mass is 16.5. The number of amides is 1. The molecular weight excluding hydrogens is 356 g/mol. The standard InChI is InChI=1S/C17H18N4O.C4H8O2/c18-16(19)12-1-3-13(4-2-12)17(22)21-15-6-5-11-7-8-20-10-14(11)9-15;1-3-6-4(2)5/h1-6,9,20H,7-8,10H2,(H3,18,19)(H,21,22);3H2,1-2H3. The minimum atomic E-state index is -0.211. The minimum Gasteiger partial charge on any atom is -0.466 e. The molecule has 7 nitrogen and oxygen atoms in total. The van der Waals surface area contributed by atoms with E-state index in [-0.39, 0.29) is 17.7 Å². The molecule has 5 N–H and O–H groups in total. The van der Waals surface area contributed by atoms with Crippen LogP contribution in [0.15, 0.2) is 42.5 Å². The number of ether oxygens (including phenoxy) is 1. The summed E-state index contributed by atoms with van der Waals surface area (Å²) in [4.78, 5) is 22.1. The summed E-state index contributed by atoms with van der Waals surface area (Å²) >= 11 is 0. The van der Waals surface area contributed by atoms with Gasteiger partial charge >= 0.3 is 5.97 Å². The summed E-state index contributed by atoms with van der Waals surface area (Å²) in [5.74, 6) is -0.384. The number of esters is 1. The van der Waals surface area contributed by atoms with E-state index < -0.39 is 0 Å². The van der Waals surface area contributed by atoms with E-state index in [1.807, 2.05) is 12.1 Å². The molecule has 0 unspecified atom stereocenters. The average Bonchev–Trinajstić information content (AvgIpc) is 2.68. The fraction of sp³-hybridized carbons (Fsp3) is 0.286. The lowest BCUT2D eigenvalue weighted by Gasteiger charge is -2.18. The highest BCUT2D eigenvalue weighted by Gasteiger charge is 2.11. The van der Waals surface area contributed by atoms with E-state index in [0.717, 1.165) is 25.2 Å². The third kappa shape index (κ3) is 6.21. The van der Waals surface area contributed by atoms with Crippen LogP contribution >= 0.6 is 0 Å². The molecule has 3 rings (SSSR count). The predicted molar refractivity (Wildman–Crippen MR) is 110 cm³/mol. The third-order valence-corrected chi connectivity index (χ3v) is 4.16. The number of hydrogen-bond donors (Lipinski definition) is 4. The minimum absolute atomic E-state index is 0.00542. The lowest BCUT2D eigenvalue weighted by molar-refractivity contribution is -0.140. The molecule has 0 atom stereocenters. The van der Waals surface area contributed by atoms with Crippen molar-refractivity contribution in [3.8, 4) is 0 Å². The van der Waals surface area contributed by atoms with Gasteiger partial charge in [-0.25, -0.2) is 0 Å². The SMILES string of the molecule is CCOC(C)=O.N=C(N)c1ccc(C(=O)Nc2ccc3c(c2)CNCC3)cc1. The van der Waals surface area contributed by atoms with E-state index in [1.54, 1.807) is 31.2 Å². The second-order valence-corrected chi connectivity index (χ2v) is 6.28. The molecule has 0 radical (unpaired) electrons. The molecule has 148 valence electrons. The summed E-state index contributed by atoms with van der Waals surface area (Å²) < 4.78 is 4.40. The molecule has 0 aliphatic carbocycles. The van der Waals surface area contributed by atoms with Gasteiger partial charge in [-0.15, -0.1) is 0 Å². The van der Waals surface area contributed by atoms with Gasteiger partial charge in [0.1, 0.15) is 5.84 Å². The third-order valence-electron chi connectivity index (χ3n) is 4.16. The molecule has 28 heavy (non-hydrogen) atoms. The maximum Gasteiger partial charge on any atom is 0.302 e. The van der Waals surface area contributed by atoms with Gasteiger partial charge < -0.3 is 21.1 Å². The first-order chi connectivity index (χ1) is 13.4. The smallest absolute Gasteiger partial charge is 0.302 e. The summed E-state index contributed by atoms with van der Waals surface area (Å²) in [5, 5.41) is 13.6. The van der Waals surface area contributed by atoms with Crippen molar-refractivity contribution in [3.63, 3.8) is 0 Å². The highest BCUT2D eigenvalue weighted by Crippen LogP contribution is 2.19. The van der Waals surface area contributed by atoms with Crippen LogP contribution in [-0.2, 0) is 22.5 Å². The van der Waals surface area contributed by atoms with Crippen molar-refractivity contribution in [1.82, 2.24) is 5.32 Å². The van der Waals surface area contributed by atoms with E-state index in [0.29, 0.717) is 17.7 Å². The van der Waals surface area contributed by atoms with Gasteiger partial charge in [-0.1, -0.05) is 18.2 Å². The summed E-state index contributed by atoms with van der Waals surface area (Å²) in [5.41, 5.74) is 9.92. The van der Waals surface area contributed by atoms with Crippen molar-refractivity contribution in [2.24, 2.45) is 5.73 Å². The number of fused-ring (bicyclic) bond motifs is 1. The van der Waals surface area contributed by atoms with Crippen LogP contribution in [-0.4, -0.2) is 30.9 Å². The Morgan fingerprint density at radius 1 is 1.14 bits per heavy atom. The van der Waals surface area contributed by atoms with Crippen LogP contribution in [0.25, 0.3) is 0 Å². The normalized spacial score (nSPS) is 12.1. The Labute approximate surface area is 164 Å². The lowest BCUT2D eigenvalue weighted by atomic mass is 10.0. The van der Waals surface area contributed by atoms with Crippen LogP contribution in [0, 0.1) is 5.41 Å². The number of amidine groups is 1. The van der Waals surface area contributed by atoms with Crippen LogP contribution in [0.4, 0.5) is 5.69 Å². The first kappa shape index (κ1) is 21.1. The molecule has 0 bridgehead atoms. The summed E-state index contributed by atoms with van der Waals surface area (Å²) in [7, 11) is 0. The Balaban J connectivity index is 0.000000409. The molecule has 0 saturated carbocycles. The highest BCUT2D eigenvalue weighted by molar-refractivity contribution is 6.05. The van der Waals surface area contributed by atoms with Gasteiger partial charge in [0.2, 0.25) is 0 Å². The molecule has 1 aliphatic rings. The zero-order chi connectivity index (χ0) is 20.5. The van der Waals surface area contributed by atoms with Gasteiger partial charge in [-0.3, -0.25) is 15.0 Å². The van der Waals surface area contributed by atoms with Gasteiger partial charge in [-0.2, -0.15) is 0 Å². The van der Waals surface area contributed by atoms with Gasteiger partial charge in [-0.05, 0) is 55.3 Å². The molecule has 7 heteroatoms. The van der Waals surface area contributed by atoms with Crippen LogP contribution in [0.3, 0.4) is 0 Å². The number of carbonyl (C=O) groups excluding carboxylic acids is 2. The molecule has 2 aromatic rings. The molecule has 0 fully saturated rings. The van der Waals surface area contributed by atoms with Crippen LogP contribution in [0.1, 0.15) is 40.9 Å². The van der Waals surface area contributed by atoms with Gasteiger partial charge in [0.05, 0.1) is 6.61 Å². The largest absolute Gasteiger partial charge is 0.466 e. The Bertz CT molecular complexity index is 847. The van der Waals surface area contributed by atoms with Crippen molar-refractivity contribution >= 4 is 23.4 Å². The fourth-order valence-electron chi connectivity index (χ4n) is 2.77. The monoisotopic (exact) mass is 382 g/mol. The summed E-state index contributed by atoms with van der Waals surface area (Å²) in [6.45, 7) is 5.49. The number of carbonyl (C=O) groups is 2. The summed E-state index contributed by atoms with van der Waals surface area (Å²) in [6.07, 6.45) is 1.02. The number of nitrogens with two attached hydrogens (primary N) is 1. The zero-order valence-corrected chi connectivity index (χ0v) is 16.2. The van der Waals surface area contributed by atoms with Crippen molar-refractivity contribution in [1.29, 1.82) is 5.41 Å². The molecule has 1 heterocycles. The molecule has 0 aromatic heterocycles. The average molecular weight is 382 g/mol. The van der Waals surface area contributed by atoms with Crippen molar-refractivity contribution in [2.45, 2.75) is 26.8 Å². The Morgan fingerprint density at radius 2 is 1.82 bits per heavy atom. The first-order valence-corrected chi connectivity index (χ1v) is 9.12. The van der Waals surface area contributed by atoms with E-state index in [2.05, 4.69) is 21.4 Å².